The quantitative estimate of drug-likeness (QED) is 0.734. The lowest BCUT2D eigenvalue weighted by Crippen LogP contribution is -2.44. The van der Waals surface area contributed by atoms with Gasteiger partial charge in [-0.05, 0) is 69.5 Å². The van der Waals surface area contributed by atoms with Gasteiger partial charge in [0.25, 0.3) is 5.91 Å². The monoisotopic (exact) mass is 291 g/mol. The van der Waals surface area contributed by atoms with Crippen LogP contribution in [0.25, 0.3) is 0 Å². The number of nitrogen functional groups attached to an aromatic ring is 1. The normalized spacial score (nSPS) is 15.8. The van der Waals surface area contributed by atoms with Crippen LogP contribution in [0.15, 0.2) is 6.07 Å². The Labute approximate surface area is 126 Å². The van der Waals surface area contributed by atoms with Gasteiger partial charge in [0.1, 0.15) is 5.75 Å². The van der Waals surface area contributed by atoms with E-state index in [0.29, 0.717) is 0 Å². The van der Waals surface area contributed by atoms with Gasteiger partial charge in [0.05, 0.1) is 0 Å². The zero-order chi connectivity index (χ0) is 15.4. The number of hydrogen-bond acceptors (Lipinski definition) is 4. The molecule has 5 heteroatoms. The van der Waals surface area contributed by atoms with Crippen LogP contribution < -0.4 is 21.1 Å². The third-order valence-electron chi connectivity index (χ3n) is 4.17. The lowest BCUT2D eigenvalue weighted by atomic mass is 10.0. The topological polar surface area (TPSA) is 76.4 Å². The second-order valence-electron chi connectivity index (χ2n) is 5.74. The standard InChI is InChI=1S/C16H25N3O2/c1-10-8-14(11(2)12(3)16(10)17)21-9-15(20)19-13-4-6-18-7-5-13/h8,13,18H,4-7,9,17H2,1-3H3,(H,19,20). The Morgan fingerprint density at radius 3 is 2.67 bits per heavy atom. The highest BCUT2D eigenvalue weighted by Crippen LogP contribution is 2.29. The summed E-state index contributed by atoms with van der Waals surface area (Å²) < 4.78 is 5.67. The van der Waals surface area contributed by atoms with Crippen molar-refractivity contribution in [1.82, 2.24) is 10.6 Å². The minimum absolute atomic E-state index is 0.0492. The molecule has 0 atom stereocenters. The van der Waals surface area contributed by atoms with E-state index in [4.69, 9.17) is 10.5 Å². The lowest BCUT2D eigenvalue weighted by Gasteiger charge is -2.23. The molecule has 0 saturated carbocycles. The minimum atomic E-state index is -0.0616. The predicted molar refractivity (Wildman–Crippen MR) is 84.6 cm³/mol. The van der Waals surface area contributed by atoms with Gasteiger partial charge in [0.15, 0.2) is 6.61 Å². The van der Waals surface area contributed by atoms with Crippen LogP contribution in [0, 0.1) is 20.8 Å². The van der Waals surface area contributed by atoms with Gasteiger partial charge >= 0.3 is 0 Å². The Morgan fingerprint density at radius 2 is 2.00 bits per heavy atom. The molecule has 116 valence electrons. The summed E-state index contributed by atoms with van der Waals surface area (Å²) >= 11 is 0. The van der Waals surface area contributed by atoms with E-state index >= 15 is 0 Å². The predicted octanol–water partition coefficient (Wildman–Crippen LogP) is 1.44. The summed E-state index contributed by atoms with van der Waals surface area (Å²) in [7, 11) is 0. The van der Waals surface area contributed by atoms with Crippen LogP contribution in [0.2, 0.25) is 0 Å². The van der Waals surface area contributed by atoms with Gasteiger partial charge in [-0.25, -0.2) is 0 Å². The maximum absolute atomic E-state index is 12.0. The number of aryl methyl sites for hydroxylation is 1. The molecule has 2 rings (SSSR count). The Bertz CT molecular complexity index is 523. The molecule has 1 aromatic rings. The van der Waals surface area contributed by atoms with Crippen molar-refractivity contribution in [3.8, 4) is 5.75 Å². The number of carbonyl (C=O) groups is 1. The number of nitrogens with one attached hydrogen (secondary N) is 2. The van der Waals surface area contributed by atoms with Gasteiger partial charge in [-0.15, -0.1) is 0 Å². The van der Waals surface area contributed by atoms with Gasteiger partial charge < -0.3 is 21.1 Å². The fourth-order valence-electron chi connectivity index (χ4n) is 2.59. The average molecular weight is 291 g/mol. The van der Waals surface area contributed by atoms with Gasteiger partial charge in [-0.3, -0.25) is 4.79 Å². The number of carbonyl (C=O) groups excluding carboxylic acids is 1. The highest BCUT2D eigenvalue weighted by Gasteiger charge is 2.16. The minimum Gasteiger partial charge on any atom is -0.483 e. The van der Waals surface area contributed by atoms with E-state index in [2.05, 4.69) is 10.6 Å². The molecule has 0 unspecified atom stereocenters. The summed E-state index contributed by atoms with van der Waals surface area (Å²) in [5, 5.41) is 6.30. The molecule has 5 nitrogen and oxygen atoms in total. The fraction of sp³-hybridized carbons (Fsp3) is 0.562. The van der Waals surface area contributed by atoms with Crippen molar-refractivity contribution in [2.24, 2.45) is 0 Å². The zero-order valence-corrected chi connectivity index (χ0v) is 13.1. The van der Waals surface area contributed by atoms with Crippen LogP contribution in [-0.4, -0.2) is 31.6 Å². The molecule has 0 spiro atoms. The molecule has 0 aliphatic carbocycles. The Kier molecular flexibility index (Phi) is 5.07. The van der Waals surface area contributed by atoms with E-state index in [9.17, 15) is 4.79 Å². The molecule has 1 aliphatic rings. The number of benzene rings is 1. The van der Waals surface area contributed by atoms with E-state index < -0.39 is 0 Å². The first-order valence-corrected chi connectivity index (χ1v) is 7.48. The number of nitrogens with two attached hydrogens (primary N) is 1. The first-order chi connectivity index (χ1) is 9.99. The molecule has 0 radical (unpaired) electrons. The first kappa shape index (κ1) is 15.6. The van der Waals surface area contributed by atoms with E-state index in [1.807, 2.05) is 26.8 Å². The van der Waals surface area contributed by atoms with Crippen molar-refractivity contribution in [2.45, 2.75) is 39.7 Å². The molecule has 0 aromatic heterocycles. The third kappa shape index (κ3) is 3.88. The number of piperidine rings is 1. The number of rotatable bonds is 4. The summed E-state index contributed by atoms with van der Waals surface area (Å²) in [6, 6.07) is 2.16. The van der Waals surface area contributed by atoms with Crippen LogP contribution in [0.1, 0.15) is 29.5 Å². The van der Waals surface area contributed by atoms with E-state index in [-0.39, 0.29) is 18.6 Å². The van der Waals surface area contributed by atoms with Crippen LogP contribution in [0.4, 0.5) is 5.69 Å². The van der Waals surface area contributed by atoms with Gasteiger partial charge in [0, 0.05) is 11.7 Å². The molecule has 0 bridgehead atoms. The number of anilines is 1. The number of ether oxygens (including phenoxy) is 1. The highest BCUT2D eigenvalue weighted by atomic mass is 16.5. The molecule has 1 heterocycles. The van der Waals surface area contributed by atoms with Crippen molar-refractivity contribution in [3.63, 3.8) is 0 Å². The second kappa shape index (κ2) is 6.80. The molecular weight excluding hydrogens is 266 g/mol. The van der Waals surface area contributed by atoms with E-state index in [0.717, 1.165) is 54.1 Å². The van der Waals surface area contributed by atoms with Gasteiger partial charge in [-0.1, -0.05) is 0 Å². The lowest BCUT2D eigenvalue weighted by molar-refractivity contribution is -0.124. The largest absolute Gasteiger partial charge is 0.483 e. The molecule has 1 saturated heterocycles. The smallest absolute Gasteiger partial charge is 0.258 e. The van der Waals surface area contributed by atoms with Gasteiger partial charge in [0.2, 0.25) is 0 Å². The van der Waals surface area contributed by atoms with Crippen LogP contribution in [-0.2, 0) is 4.79 Å². The summed E-state index contributed by atoms with van der Waals surface area (Å²) in [4.78, 5) is 12.0. The SMILES string of the molecule is Cc1cc(OCC(=O)NC2CCNCC2)c(C)c(C)c1N. The third-order valence-corrected chi connectivity index (χ3v) is 4.17. The summed E-state index contributed by atoms with van der Waals surface area (Å²) in [6.07, 6.45) is 1.95. The van der Waals surface area contributed by atoms with Gasteiger partial charge in [-0.2, -0.15) is 0 Å². The van der Waals surface area contributed by atoms with Crippen LogP contribution in [0.3, 0.4) is 0 Å². The molecule has 4 N–H and O–H groups in total. The Balaban J connectivity index is 1.92. The maximum Gasteiger partial charge on any atom is 0.258 e. The van der Waals surface area contributed by atoms with Crippen molar-refractivity contribution >= 4 is 11.6 Å². The number of amides is 1. The van der Waals surface area contributed by atoms with E-state index in [1.165, 1.54) is 0 Å². The van der Waals surface area contributed by atoms with Crippen molar-refractivity contribution in [2.75, 3.05) is 25.4 Å². The summed E-state index contributed by atoms with van der Waals surface area (Å²) in [6.45, 7) is 7.85. The second-order valence-corrected chi connectivity index (χ2v) is 5.74. The maximum atomic E-state index is 12.0. The molecule has 1 amide bonds. The molecule has 1 aliphatic heterocycles. The molecule has 21 heavy (non-hydrogen) atoms. The Hall–Kier alpha value is -1.75. The molecule has 1 fully saturated rings. The zero-order valence-electron chi connectivity index (χ0n) is 13.1. The first-order valence-electron chi connectivity index (χ1n) is 7.48. The average Bonchev–Trinajstić information content (AvgIpc) is 2.48. The van der Waals surface area contributed by atoms with Crippen molar-refractivity contribution in [1.29, 1.82) is 0 Å². The molecule has 1 aromatic carbocycles. The Morgan fingerprint density at radius 1 is 1.33 bits per heavy atom. The van der Waals surface area contributed by atoms with Crippen molar-refractivity contribution in [3.05, 3.63) is 22.8 Å². The van der Waals surface area contributed by atoms with Crippen molar-refractivity contribution < 1.29 is 9.53 Å². The molecular formula is C16H25N3O2. The number of hydrogen-bond donors (Lipinski definition) is 3. The summed E-state index contributed by atoms with van der Waals surface area (Å²) in [5.74, 6) is 0.674. The highest BCUT2D eigenvalue weighted by molar-refractivity contribution is 5.78. The van der Waals surface area contributed by atoms with Crippen LogP contribution in [0.5, 0.6) is 5.75 Å². The van der Waals surface area contributed by atoms with E-state index in [1.54, 1.807) is 0 Å². The fourth-order valence-corrected chi connectivity index (χ4v) is 2.59. The summed E-state index contributed by atoms with van der Waals surface area (Å²) in [5.41, 5.74) is 9.77. The van der Waals surface area contributed by atoms with Crippen LogP contribution >= 0.6 is 0 Å².